The van der Waals surface area contributed by atoms with E-state index in [9.17, 15) is 18.0 Å². The molecule has 4 heterocycles. The molecule has 3 aliphatic rings. The van der Waals surface area contributed by atoms with Crippen molar-refractivity contribution in [3.05, 3.63) is 65.4 Å². The summed E-state index contributed by atoms with van der Waals surface area (Å²) in [5, 5.41) is 4.71. The fourth-order valence-electron chi connectivity index (χ4n) is 5.48. The number of hydrogen-bond donors (Lipinski definition) is 0. The third-order valence-corrected chi connectivity index (χ3v) is 9.22. The van der Waals surface area contributed by atoms with E-state index in [4.69, 9.17) is 14.6 Å². The smallest absolute Gasteiger partial charge is 0.274 e. The summed E-state index contributed by atoms with van der Waals surface area (Å²) >= 11 is 0. The van der Waals surface area contributed by atoms with Crippen LogP contribution < -0.4 is 0 Å². The van der Waals surface area contributed by atoms with Crippen LogP contribution in [-0.2, 0) is 25.1 Å². The van der Waals surface area contributed by atoms with Crippen LogP contribution in [0.15, 0.2) is 53.4 Å². The van der Waals surface area contributed by atoms with Crippen LogP contribution in [0.5, 0.6) is 0 Å². The highest BCUT2D eigenvalue weighted by molar-refractivity contribution is 7.90. The monoisotopic (exact) mass is 535 g/mol. The van der Waals surface area contributed by atoms with Crippen molar-refractivity contribution in [1.82, 2.24) is 14.7 Å². The van der Waals surface area contributed by atoms with Crippen molar-refractivity contribution in [1.29, 1.82) is 0 Å². The number of fused-ring (bicyclic) bond motifs is 3. The van der Waals surface area contributed by atoms with Crippen LogP contribution in [0.4, 0.5) is 0 Å². The second-order valence-corrected chi connectivity index (χ2v) is 11.9. The maximum Gasteiger partial charge on any atom is 0.274 e. The lowest BCUT2D eigenvalue weighted by molar-refractivity contribution is 0.0298. The summed E-state index contributed by atoms with van der Waals surface area (Å²) in [6.07, 6.45) is 2.19. The van der Waals surface area contributed by atoms with E-state index in [1.54, 1.807) is 52.0 Å². The van der Waals surface area contributed by atoms with E-state index in [-0.39, 0.29) is 28.0 Å². The molecule has 0 atom stereocenters. The summed E-state index contributed by atoms with van der Waals surface area (Å²) < 4.78 is 38.9. The van der Waals surface area contributed by atoms with Gasteiger partial charge in [0.1, 0.15) is 0 Å². The number of morpholine rings is 1. The molecule has 1 amide bonds. The van der Waals surface area contributed by atoms with Crippen molar-refractivity contribution in [2.24, 2.45) is 5.92 Å². The minimum Gasteiger partial charge on any atom is -0.381 e. The summed E-state index contributed by atoms with van der Waals surface area (Å²) in [7, 11) is -3.66. The predicted octanol–water partition coefficient (Wildman–Crippen LogP) is 3.30. The largest absolute Gasteiger partial charge is 0.381 e. The van der Waals surface area contributed by atoms with Gasteiger partial charge >= 0.3 is 0 Å². The molecular formula is C28H29N3O6S. The van der Waals surface area contributed by atoms with Crippen molar-refractivity contribution in [2.45, 2.75) is 29.9 Å². The van der Waals surface area contributed by atoms with Crippen molar-refractivity contribution in [2.75, 3.05) is 39.5 Å². The number of carbonyl (C=O) groups excluding carboxylic acids is 2. The lowest BCUT2D eigenvalue weighted by atomic mass is 9.92. The Hall–Kier alpha value is -3.34. The zero-order valence-corrected chi connectivity index (χ0v) is 21.8. The Labute approximate surface area is 221 Å². The average molecular weight is 536 g/mol. The zero-order chi connectivity index (χ0) is 26.3. The van der Waals surface area contributed by atoms with Gasteiger partial charge in [-0.1, -0.05) is 30.3 Å². The summed E-state index contributed by atoms with van der Waals surface area (Å²) in [6, 6.07) is 14.0. The first-order chi connectivity index (χ1) is 18.4. The molecule has 2 aromatic carbocycles. The molecule has 0 N–H and O–H groups in total. The Morgan fingerprint density at radius 3 is 2.47 bits per heavy atom. The number of Topliss-reactive ketones (excluding diaryl/α,β-unsaturated/α-hetero) is 1. The molecule has 9 nitrogen and oxygen atoms in total. The van der Waals surface area contributed by atoms with Crippen LogP contribution in [0.2, 0.25) is 0 Å². The van der Waals surface area contributed by atoms with Crippen LogP contribution >= 0.6 is 0 Å². The van der Waals surface area contributed by atoms with Gasteiger partial charge in [0.05, 0.1) is 35.2 Å². The first-order valence-corrected chi connectivity index (χ1v) is 14.6. The highest BCUT2D eigenvalue weighted by atomic mass is 32.2. The number of benzene rings is 2. The van der Waals surface area contributed by atoms with Gasteiger partial charge in [-0.3, -0.25) is 9.59 Å². The Kier molecular flexibility index (Phi) is 6.63. The van der Waals surface area contributed by atoms with Gasteiger partial charge < -0.3 is 14.4 Å². The Balaban J connectivity index is 1.45. The molecular weight excluding hydrogens is 506 g/mol. The minimum atomic E-state index is -3.66. The Morgan fingerprint density at radius 2 is 1.68 bits per heavy atom. The van der Waals surface area contributed by atoms with Gasteiger partial charge in [-0.15, -0.1) is 0 Å². The van der Waals surface area contributed by atoms with Crippen LogP contribution in [0.25, 0.3) is 16.9 Å². The molecule has 0 unspecified atom stereocenters. The molecule has 10 heteroatoms. The van der Waals surface area contributed by atoms with E-state index in [0.717, 1.165) is 12.8 Å². The first kappa shape index (κ1) is 25.0. The van der Waals surface area contributed by atoms with Gasteiger partial charge in [-0.05, 0) is 37.0 Å². The number of rotatable bonds is 5. The van der Waals surface area contributed by atoms with Crippen LogP contribution in [-0.4, -0.2) is 74.3 Å². The normalized spacial score (nSPS) is 19.0. The molecule has 0 aliphatic carbocycles. The first-order valence-electron chi connectivity index (χ1n) is 12.9. The standard InChI is InChI=1S/C28H29N3O6S/c32-24(16-19-8-12-36-13-9-19)20-4-3-5-21(17-20)31-27-22-6-1-2-7-25(22)38(34,35)18-23(27)26(29-31)28(33)30-10-14-37-15-11-30/h1-7,17,19H,8-16,18H2. The van der Waals surface area contributed by atoms with Gasteiger partial charge in [0.15, 0.2) is 21.3 Å². The minimum absolute atomic E-state index is 0.0485. The lowest BCUT2D eigenvalue weighted by Gasteiger charge is -2.26. The molecule has 2 saturated heterocycles. The van der Waals surface area contributed by atoms with E-state index in [0.29, 0.717) is 79.9 Å². The number of ether oxygens (including phenoxy) is 2. The second-order valence-electron chi connectivity index (χ2n) is 9.98. The lowest BCUT2D eigenvalue weighted by Crippen LogP contribution is -2.41. The SMILES string of the molecule is O=C(CC1CCOCC1)c1cccc(-n2nc(C(=O)N3CCOCC3)c3c2-c2ccccc2S(=O)(=O)C3)c1. The zero-order valence-electron chi connectivity index (χ0n) is 21.0. The van der Waals surface area contributed by atoms with E-state index in [1.807, 2.05) is 6.07 Å². The van der Waals surface area contributed by atoms with Gasteiger partial charge in [0.2, 0.25) is 0 Å². The van der Waals surface area contributed by atoms with Crippen molar-refractivity contribution < 1.29 is 27.5 Å². The van der Waals surface area contributed by atoms with Gasteiger partial charge in [0.25, 0.3) is 5.91 Å². The molecule has 6 rings (SSSR count). The molecule has 0 spiro atoms. The number of sulfone groups is 1. The summed E-state index contributed by atoms with van der Waals surface area (Å²) in [5.74, 6) is -0.281. The van der Waals surface area contributed by atoms with Crippen molar-refractivity contribution >= 4 is 21.5 Å². The number of amides is 1. The third-order valence-electron chi connectivity index (χ3n) is 7.52. The molecule has 0 radical (unpaired) electrons. The van der Waals surface area contributed by atoms with E-state index < -0.39 is 9.84 Å². The van der Waals surface area contributed by atoms with E-state index in [1.165, 1.54) is 0 Å². The van der Waals surface area contributed by atoms with Crippen LogP contribution in [0.3, 0.4) is 0 Å². The molecule has 2 fully saturated rings. The molecule has 198 valence electrons. The summed E-state index contributed by atoms with van der Waals surface area (Å²) in [6.45, 7) is 3.04. The molecule has 0 saturated carbocycles. The fourth-order valence-corrected chi connectivity index (χ4v) is 7.08. The molecule has 0 bridgehead atoms. The fraction of sp³-hybridized carbons (Fsp3) is 0.393. The number of hydrogen-bond acceptors (Lipinski definition) is 7. The maximum atomic E-state index is 13.6. The van der Waals surface area contributed by atoms with Crippen molar-refractivity contribution in [3.63, 3.8) is 0 Å². The summed E-state index contributed by atoms with van der Waals surface area (Å²) in [5.41, 5.74) is 2.76. The summed E-state index contributed by atoms with van der Waals surface area (Å²) in [4.78, 5) is 28.6. The van der Waals surface area contributed by atoms with Gasteiger partial charge in [0, 0.05) is 49.4 Å². The van der Waals surface area contributed by atoms with Crippen LogP contribution in [0, 0.1) is 5.92 Å². The number of aromatic nitrogens is 2. The number of ketones is 1. The highest BCUT2D eigenvalue weighted by Gasteiger charge is 2.37. The third kappa shape index (κ3) is 4.57. The van der Waals surface area contributed by atoms with Crippen LogP contribution in [0.1, 0.15) is 45.7 Å². The maximum absolute atomic E-state index is 13.6. The second kappa shape index (κ2) is 10.1. The topological polar surface area (TPSA) is 108 Å². The van der Waals surface area contributed by atoms with E-state index in [2.05, 4.69) is 0 Å². The van der Waals surface area contributed by atoms with Gasteiger partial charge in [-0.25, -0.2) is 13.1 Å². The van der Waals surface area contributed by atoms with E-state index >= 15 is 0 Å². The molecule has 1 aromatic heterocycles. The Morgan fingerprint density at radius 1 is 0.947 bits per heavy atom. The van der Waals surface area contributed by atoms with Gasteiger partial charge in [-0.2, -0.15) is 5.10 Å². The average Bonchev–Trinajstić information content (AvgIpc) is 3.32. The highest BCUT2D eigenvalue weighted by Crippen LogP contribution is 2.41. The molecule has 38 heavy (non-hydrogen) atoms. The number of nitrogens with zero attached hydrogens (tertiary/aromatic N) is 3. The predicted molar refractivity (Wildman–Crippen MR) is 139 cm³/mol. The van der Waals surface area contributed by atoms with Crippen molar-refractivity contribution in [3.8, 4) is 16.9 Å². The molecule has 3 aliphatic heterocycles. The number of carbonyl (C=O) groups is 2. The molecule has 3 aromatic rings. The Bertz CT molecular complexity index is 1500. The quantitative estimate of drug-likeness (QED) is 0.462.